The lowest BCUT2D eigenvalue weighted by Gasteiger charge is -2.00. The molecule has 0 unspecified atom stereocenters. The summed E-state index contributed by atoms with van der Waals surface area (Å²) in [5.74, 6) is 0.132. The summed E-state index contributed by atoms with van der Waals surface area (Å²) in [4.78, 5) is 16.3. The highest BCUT2D eigenvalue weighted by Gasteiger charge is 2.15. The zero-order chi connectivity index (χ0) is 14.9. The molecule has 4 rings (SSSR count). The van der Waals surface area contributed by atoms with Crippen molar-refractivity contribution < 1.29 is 13.7 Å². The summed E-state index contributed by atoms with van der Waals surface area (Å²) in [5, 5.41) is 13.6. The molecule has 0 saturated heterocycles. The molecule has 8 nitrogen and oxygen atoms in total. The van der Waals surface area contributed by atoms with Gasteiger partial charge in [-0.25, -0.2) is 4.98 Å². The van der Waals surface area contributed by atoms with Crippen LogP contribution in [0.15, 0.2) is 44.9 Å². The summed E-state index contributed by atoms with van der Waals surface area (Å²) in [6.07, 6.45) is 1.46. The SMILES string of the molecule is O=C(Nc1nnc(-c2ccno2)o1)c1ccc2ncsc2c1. The highest BCUT2D eigenvalue weighted by Crippen LogP contribution is 2.21. The van der Waals surface area contributed by atoms with Gasteiger partial charge in [0.2, 0.25) is 5.76 Å². The number of anilines is 1. The third-order valence-corrected chi connectivity index (χ3v) is 3.68. The molecule has 1 N–H and O–H groups in total. The number of hydrogen-bond donors (Lipinski definition) is 1. The van der Waals surface area contributed by atoms with Gasteiger partial charge in [0.15, 0.2) is 0 Å². The number of fused-ring (bicyclic) bond motifs is 1. The number of amides is 1. The van der Waals surface area contributed by atoms with Crippen molar-refractivity contribution in [2.24, 2.45) is 0 Å². The summed E-state index contributed by atoms with van der Waals surface area (Å²) < 4.78 is 11.1. The minimum atomic E-state index is -0.344. The maximum atomic E-state index is 12.2. The maximum absolute atomic E-state index is 12.2. The monoisotopic (exact) mass is 313 g/mol. The molecule has 0 aliphatic heterocycles. The molecule has 9 heteroatoms. The molecule has 3 heterocycles. The van der Waals surface area contributed by atoms with Crippen LogP contribution >= 0.6 is 11.3 Å². The van der Waals surface area contributed by atoms with E-state index in [4.69, 9.17) is 8.94 Å². The van der Waals surface area contributed by atoms with Crippen molar-refractivity contribution in [2.75, 3.05) is 5.32 Å². The van der Waals surface area contributed by atoms with Gasteiger partial charge in [-0.1, -0.05) is 10.3 Å². The van der Waals surface area contributed by atoms with Crippen LogP contribution < -0.4 is 5.32 Å². The highest BCUT2D eigenvalue weighted by molar-refractivity contribution is 7.16. The number of aromatic nitrogens is 4. The number of thiazole rings is 1. The lowest BCUT2D eigenvalue weighted by molar-refractivity contribution is 0.102. The predicted octanol–water partition coefficient (Wildman–Crippen LogP) is 2.59. The number of nitrogens with zero attached hydrogens (tertiary/aromatic N) is 4. The Kier molecular flexibility index (Phi) is 2.90. The third-order valence-electron chi connectivity index (χ3n) is 2.89. The zero-order valence-corrected chi connectivity index (χ0v) is 11.7. The van der Waals surface area contributed by atoms with Crippen LogP contribution in [-0.4, -0.2) is 26.2 Å². The highest BCUT2D eigenvalue weighted by atomic mass is 32.1. The molecular weight excluding hydrogens is 306 g/mol. The lowest BCUT2D eigenvalue weighted by Crippen LogP contribution is -2.11. The average Bonchev–Trinajstić information content (AvgIpc) is 3.27. The Bertz CT molecular complexity index is 944. The number of benzene rings is 1. The lowest BCUT2D eigenvalue weighted by atomic mass is 10.2. The molecule has 0 saturated carbocycles. The molecular formula is C13H7N5O3S. The van der Waals surface area contributed by atoms with Crippen molar-refractivity contribution in [3.05, 3.63) is 41.5 Å². The fourth-order valence-corrected chi connectivity index (χ4v) is 2.58. The van der Waals surface area contributed by atoms with Crippen LogP contribution in [0.1, 0.15) is 10.4 Å². The molecule has 1 amide bonds. The van der Waals surface area contributed by atoms with Crippen molar-refractivity contribution in [1.29, 1.82) is 0 Å². The number of carbonyl (C=O) groups excluding carboxylic acids is 1. The molecule has 22 heavy (non-hydrogen) atoms. The number of hydrogen-bond acceptors (Lipinski definition) is 8. The third kappa shape index (κ3) is 2.23. The van der Waals surface area contributed by atoms with E-state index in [-0.39, 0.29) is 17.8 Å². The second-order valence-corrected chi connectivity index (χ2v) is 5.16. The van der Waals surface area contributed by atoms with Crippen LogP contribution in [0.2, 0.25) is 0 Å². The van der Waals surface area contributed by atoms with Gasteiger partial charge >= 0.3 is 6.01 Å². The van der Waals surface area contributed by atoms with E-state index in [1.807, 2.05) is 0 Å². The van der Waals surface area contributed by atoms with Crippen LogP contribution in [0.5, 0.6) is 0 Å². The predicted molar refractivity (Wildman–Crippen MR) is 77.4 cm³/mol. The van der Waals surface area contributed by atoms with Gasteiger partial charge in [0, 0.05) is 11.6 Å². The van der Waals surface area contributed by atoms with E-state index in [1.165, 1.54) is 17.5 Å². The van der Waals surface area contributed by atoms with Crippen molar-refractivity contribution in [3.63, 3.8) is 0 Å². The van der Waals surface area contributed by atoms with Crippen molar-refractivity contribution in [1.82, 2.24) is 20.3 Å². The summed E-state index contributed by atoms with van der Waals surface area (Å²) in [5.41, 5.74) is 3.07. The minimum Gasteiger partial charge on any atom is -0.400 e. The van der Waals surface area contributed by atoms with Crippen molar-refractivity contribution in [3.8, 4) is 11.7 Å². The topological polar surface area (TPSA) is 107 Å². The largest absolute Gasteiger partial charge is 0.400 e. The smallest absolute Gasteiger partial charge is 0.322 e. The first-order chi connectivity index (χ1) is 10.8. The van der Waals surface area contributed by atoms with E-state index in [0.717, 1.165) is 10.2 Å². The maximum Gasteiger partial charge on any atom is 0.322 e. The second-order valence-electron chi connectivity index (χ2n) is 4.28. The standard InChI is InChI=1S/C13H7N5O3S/c19-11(7-1-2-8-10(5-7)22-6-14-8)16-13-18-17-12(20-13)9-3-4-15-21-9/h1-6H,(H,16,18,19). The quantitative estimate of drug-likeness (QED) is 0.619. The normalized spacial score (nSPS) is 10.9. The molecule has 1 aromatic carbocycles. The molecule has 4 aromatic rings. The van der Waals surface area contributed by atoms with Gasteiger partial charge in [-0.05, 0) is 18.2 Å². The summed E-state index contributed by atoms with van der Waals surface area (Å²) in [6.45, 7) is 0. The summed E-state index contributed by atoms with van der Waals surface area (Å²) in [6, 6.07) is 6.80. The Morgan fingerprint density at radius 2 is 2.18 bits per heavy atom. The van der Waals surface area contributed by atoms with E-state index < -0.39 is 0 Å². The van der Waals surface area contributed by atoms with Gasteiger partial charge in [-0.15, -0.1) is 16.4 Å². The fourth-order valence-electron chi connectivity index (χ4n) is 1.87. The van der Waals surface area contributed by atoms with E-state index in [0.29, 0.717) is 11.3 Å². The summed E-state index contributed by atoms with van der Waals surface area (Å²) in [7, 11) is 0. The summed E-state index contributed by atoms with van der Waals surface area (Å²) >= 11 is 1.47. The zero-order valence-electron chi connectivity index (χ0n) is 10.9. The Balaban J connectivity index is 1.56. The van der Waals surface area contributed by atoms with Crippen LogP contribution in [0.3, 0.4) is 0 Å². The molecule has 3 aromatic heterocycles. The molecule has 0 spiro atoms. The van der Waals surface area contributed by atoms with Crippen LogP contribution in [-0.2, 0) is 0 Å². The molecule has 0 aliphatic rings. The molecule has 0 aliphatic carbocycles. The van der Waals surface area contributed by atoms with Gasteiger partial charge in [-0.3, -0.25) is 10.1 Å². The molecule has 0 radical (unpaired) electrons. The van der Waals surface area contributed by atoms with E-state index in [9.17, 15) is 4.79 Å². The van der Waals surface area contributed by atoms with E-state index >= 15 is 0 Å². The first-order valence-corrected chi connectivity index (χ1v) is 7.07. The van der Waals surface area contributed by atoms with Crippen molar-refractivity contribution in [2.45, 2.75) is 0 Å². The molecule has 0 fully saturated rings. The molecule has 108 valence electrons. The Morgan fingerprint density at radius 3 is 3.05 bits per heavy atom. The first-order valence-electron chi connectivity index (χ1n) is 6.19. The van der Waals surface area contributed by atoms with Gasteiger partial charge in [0.25, 0.3) is 11.8 Å². The number of carbonyl (C=O) groups is 1. The molecule has 0 bridgehead atoms. The van der Waals surface area contributed by atoms with E-state index in [2.05, 4.69) is 25.7 Å². The molecule has 0 atom stereocenters. The van der Waals surface area contributed by atoms with E-state index in [1.54, 1.807) is 29.8 Å². The van der Waals surface area contributed by atoms with Gasteiger partial charge in [0.05, 0.1) is 21.9 Å². The number of nitrogens with one attached hydrogen (secondary N) is 1. The van der Waals surface area contributed by atoms with Crippen LogP contribution in [0, 0.1) is 0 Å². The Morgan fingerprint density at radius 1 is 1.23 bits per heavy atom. The van der Waals surface area contributed by atoms with Gasteiger partial charge < -0.3 is 8.94 Å². The minimum absolute atomic E-state index is 0.0131. The first kappa shape index (κ1) is 12.7. The van der Waals surface area contributed by atoms with Crippen LogP contribution in [0.4, 0.5) is 6.01 Å². The fraction of sp³-hybridized carbons (Fsp3) is 0. The number of rotatable bonds is 3. The van der Waals surface area contributed by atoms with Gasteiger partial charge in [0.1, 0.15) is 0 Å². The Labute approximate surface area is 126 Å². The van der Waals surface area contributed by atoms with Crippen LogP contribution in [0.25, 0.3) is 21.9 Å². The van der Waals surface area contributed by atoms with Gasteiger partial charge in [-0.2, -0.15) is 0 Å². The second kappa shape index (κ2) is 5.04. The Hall–Kier alpha value is -3.07. The average molecular weight is 313 g/mol. The van der Waals surface area contributed by atoms with Crippen molar-refractivity contribution >= 4 is 33.5 Å².